The first-order valence-electron chi connectivity index (χ1n) is 31.5. The van der Waals surface area contributed by atoms with Crippen LogP contribution in [0.3, 0.4) is 0 Å². The number of nitrogens with zero attached hydrogens (tertiary/aromatic N) is 4. The van der Waals surface area contributed by atoms with Crippen LogP contribution in [0.4, 0.5) is 0 Å². The van der Waals surface area contributed by atoms with E-state index in [1.807, 2.05) is 6.20 Å². The Bertz CT molecular complexity index is 4980. The summed E-state index contributed by atoms with van der Waals surface area (Å²) in [5.41, 5.74) is 18.9. The largest absolute Gasteiger partial charge is 0.458 e. The average molecular weight is 1180 g/mol. The molecule has 0 spiro atoms. The number of aromatic nitrogens is 4. The lowest BCUT2D eigenvalue weighted by atomic mass is 9.77. The second-order valence-electron chi connectivity index (χ2n) is 27.4. The molecule has 6 heteroatoms. The van der Waals surface area contributed by atoms with E-state index in [1.54, 1.807) is 0 Å². The molecule has 0 atom stereocenters. The summed E-state index contributed by atoms with van der Waals surface area (Å²) in [6.45, 7) is 20.9. The van der Waals surface area contributed by atoms with Crippen LogP contribution in [0.5, 0.6) is 11.5 Å². The molecule has 0 radical (unpaired) electrons. The van der Waals surface area contributed by atoms with E-state index in [2.05, 4.69) is 349 Å². The van der Waals surface area contributed by atoms with E-state index < -0.39 is 8.07 Å². The smallest absolute Gasteiger partial charge is 0.269 e. The van der Waals surface area contributed by atoms with Gasteiger partial charge in [0.1, 0.15) is 17.3 Å². The van der Waals surface area contributed by atoms with E-state index in [-0.39, 0.29) is 16.2 Å². The highest BCUT2D eigenvalue weighted by atomic mass is 28.3. The normalized spacial score (nSPS) is 12.5. The molecule has 4 heterocycles. The van der Waals surface area contributed by atoms with Gasteiger partial charge >= 0.3 is 0 Å². The first kappa shape index (κ1) is 56.4. The molecule has 0 saturated heterocycles. The quantitative estimate of drug-likeness (QED) is 0.0625. The molecule has 11 aromatic carbocycles. The van der Waals surface area contributed by atoms with Crippen molar-refractivity contribution in [3.05, 3.63) is 296 Å². The van der Waals surface area contributed by atoms with Gasteiger partial charge < -0.3 is 4.74 Å². The Hall–Kier alpha value is -10.1. The lowest BCUT2D eigenvalue weighted by Gasteiger charge is -2.35. The van der Waals surface area contributed by atoms with Gasteiger partial charge in [0.25, 0.3) is 6.33 Å². The van der Waals surface area contributed by atoms with E-state index in [1.165, 1.54) is 70.8 Å². The third-order valence-corrected chi connectivity index (χ3v) is 23.3. The molecule has 438 valence electrons. The molecular weight excluding hydrogens is 1110 g/mol. The van der Waals surface area contributed by atoms with E-state index >= 15 is 0 Å². The first-order valence-corrected chi connectivity index (χ1v) is 33.5. The zero-order chi connectivity index (χ0) is 61.7. The van der Waals surface area contributed by atoms with E-state index in [0.717, 1.165) is 66.9 Å². The Kier molecular flexibility index (Phi) is 13.5. The molecule has 15 rings (SSSR count). The van der Waals surface area contributed by atoms with Crippen molar-refractivity contribution in [3.63, 3.8) is 0 Å². The second kappa shape index (κ2) is 21.6. The van der Waals surface area contributed by atoms with Crippen LogP contribution in [0.1, 0.15) is 79.0 Å². The fourth-order valence-corrected chi connectivity index (χ4v) is 18.8. The zero-order valence-electron chi connectivity index (χ0n) is 52.7. The lowest BCUT2D eigenvalue weighted by molar-refractivity contribution is -0.572. The lowest BCUT2D eigenvalue weighted by Crippen LogP contribution is -2.74. The van der Waals surface area contributed by atoms with Gasteiger partial charge in [-0.25, -0.2) is 4.98 Å². The molecule has 0 saturated carbocycles. The Morgan fingerprint density at radius 3 is 1.64 bits per heavy atom. The third-order valence-electron chi connectivity index (χ3n) is 18.6. The molecule has 1 aliphatic rings. The summed E-state index contributed by atoms with van der Waals surface area (Å²) in [6, 6.07) is 98.9. The fourth-order valence-electron chi connectivity index (χ4n) is 14.0. The molecule has 0 aliphatic carbocycles. The van der Waals surface area contributed by atoms with Gasteiger partial charge in [-0.1, -0.05) is 269 Å². The van der Waals surface area contributed by atoms with Crippen LogP contribution in [0.2, 0.25) is 0 Å². The highest BCUT2D eigenvalue weighted by molar-refractivity contribution is 7.20. The van der Waals surface area contributed by atoms with Crippen LogP contribution in [-0.4, -0.2) is 22.2 Å². The Balaban J connectivity index is 0.943. The molecule has 5 nitrogen and oxygen atoms in total. The summed E-state index contributed by atoms with van der Waals surface area (Å²) >= 11 is 0. The fraction of sp³-hybridized carbons (Fsp3) is 0.143. The van der Waals surface area contributed by atoms with Crippen molar-refractivity contribution in [2.75, 3.05) is 0 Å². The van der Waals surface area contributed by atoms with Gasteiger partial charge in [0.2, 0.25) is 0 Å². The number of hydrogen-bond donors (Lipinski definition) is 0. The Morgan fingerprint density at radius 1 is 0.389 bits per heavy atom. The number of pyridine rings is 1. The minimum absolute atomic E-state index is 0.0631. The van der Waals surface area contributed by atoms with Crippen LogP contribution < -0.4 is 30.1 Å². The average Bonchev–Trinajstić information content (AvgIpc) is 2.11. The van der Waals surface area contributed by atoms with Crippen molar-refractivity contribution >= 4 is 61.7 Å². The van der Waals surface area contributed by atoms with Gasteiger partial charge in [0, 0.05) is 23.0 Å². The number of ether oxygens (including phenoxy) is 1. The molecule has 0 fully saturated rings. The summed E-state index contributed by atoms with van der Waals surface area (Å²) in [6.07, 6.45) is 6.06. The second-order valence-corrected chi connectivity index (χ2v) is 31.2. The summed E-state index contributed by atoms with van der Waals surface area (Å²) in [4.78, 5) is 5.03. The Labute approximate surface area is 529 Å². The van der Waals surface area contributed by atoms with Gasteiger partial charge in [0.05, 0.1) is 33.4 Å². The van der Waals surface area contributed by atoms with Crippen LogP contribution in [0.25, 0.3) is 94.5 Å². The van der Waals surface area contributed by atoms with Gasteiger partial charge in [0.15, 0.2) is 8.07 Å². The van der Waals surface area contributed by atoms with Crippen molar-refractivity contribution in [1.29, 1.82) is 0 Å². The van der Waals surface area contributed by atoms with Crippen LogP contribution in [-0.2, 0) is 16.2 Å². The van der Waals surface area contributed by atoms with Crippen molar-refractivity contribution in [2.45, 2.75) is 78.6 Å². The van der Waals surface area contributed by atoms with Crippen molar-refractivity contribution < 1.29 is 9.30 Å². The van der Waals surface area contributed by atoms with Gasteiger partial charge in [-0.3, -0.25) is 13.7 Å². The predicted octanol–water partition coefficient (Wildman–Crippen LogP) is 18.2. The minimum atomic E-state index is -3.00. The zero-order valence-corrected chi connectivity index (χ0v) is 53.7. The van der Waals surface area contributed by atoms with E-state index in [0.29, 0.717) is 5.75 Å². The van der Waals surface area contributed by atoms with Gasteiger partial charge in [-0.2, -0.15) is 0 Å². The maximum atomic E-state index is 7.06. The van der Waals surface area contributed by atoms with Crippen LogP contribution in [0.15, 0.2) is 273 Å². The standard InChI is InChI=1S/C84H72N4OSi/c1-82(2,3)58-46-47-85-79(51-58)88-76-45-40-57(56-26-14-10-15-27-56)48-73(76)70-43-41-62(53-78(70)88)89-61-29-24-28-60(52-61)86-55-87-80-74(49-59(83(4,5)6)50-75(80)84(7,8)9)72-54-66(42-44-69(72)67-36-22-23-37-68(67)71-38-25-39-77(86)81(71)87)90(63-30-16-11-17-31-63,64-32-18-12-19-33-64)65-34-20-13-21-35-65/h10-54H,1-9H3. The number of hydrogen-bond acceptors (Lipinski definition) is 2. The summed E-state index contributed by atoms with van der Waals surface area (Å²) in [5.74, 6) is 2.31. The van der Waals surface area contributed by atoms with Gasteiger partial charge in [-0.05, 0) is 153 Å². The number of imidazole rings is 1. The molecule has 0 bridgehead atoms. The maximum absolute atomic E-state index is 7.06. The highest BCUT2D eigenvalue weighted by Crippen LogP contribution is 2.47. The number of fused-ring (bicyclic) bond motifs is 10. The summed E-state index contributed by atoms with van der Waals surface area (Å²) in [7, 11) is -3.00. The number of benzene rings is 11. The van der Waals surface area contributed by atoms with Crippen molar-refractivity contribution in [1.82, 2.24) is 14.1 Å². The molecule has 14 aromatic rings. The number of rotatable bonds is 9. The van der Waals surface area contributed by atoms with Crippen molar-refractivity contribution in [2.24, 2.45) is 0 Å². The first-order chi connectivity index (χ1) is 43.5. The molecule has 0 amide bonds. The SMILES string of the molecule is CC(C)(C)c1ccnc(-n2c3ccc(-c4ccccc4)cc3c3ccc(Oc4cccc(-n5[c-][n+]6c7c(cccc75)-c5ccccc5-c5ccc([Si](c7ccccc7)(c7ccccc7)c7ccccc7)cc5-c5cc(C(C)(C)C)cc(C(C)(C)C)c5-6)c4)cc32)c1. The van der Waals surface area contributed by atoms with Crippen molar-refractivity contribution in [3.8, 4) is 73.2 Å². The molecule has 0 unspecified atom stereocenters. The van der Waals surface area contributed by atoms with Crippen LogP contribution >= 0.6 is 0 Å². The van der Waals surface area contributed by atoms with E-state index in [9.17, 15) is 0 Å². The Morgan fingerprint density at radius 2 is 0.989 bits per heavy atom. The maximum Gasteiger partial charge on any atom is 0.269 e. The monoisotopic (exact) mass is 1180 g/mol. The molecule has 0 N–H and O–H groups in total. The summed E-state index contributed by atoms with van der Waals surface area (Å²) < 4.78 is 14.0. The molecule has 90 heavy (non-hydrogen) atoms. The number of para-hydroxylation sites is 1. The molecule has 1 aliphatic heterocycles. The van der Waals surface area contributed by atoms with Gasteiger partial charge in [-0.15, -0.1) is 0 Å². The summed E-state index contributed by atoms with van der Waals surface area (Å²) in [5, 5.41) is 7.62. The minimum Gasteiger partial charge on any atom is -0.458 e. The molecular formula is C84H72N4OSi. The third kappa shape index (κ3) is 9.51. The van der Waals surface area contributed by atoms with Crippen LogP contribution in [0, 0.1) is 6.33 Å². The highest BCUT2D eigenvalue weighted by Gasteiger charge is 2.42. The topological polar surface area (TPSA) is 35.9 Å². The predicted molar refractivity (Wildman–Crippen MR) is 377 cm³/mol. The molecule has 3 aromatic heterocycles. The van der Waals surface area contributed by atoms with E-state index in [4.69, 9.17) is 9.72 Å².